The second kappa shape index (κ2) is 5.82. The average Bonchev–Trinajstić information content (AvgIpc) is 2.56. The third-order valence-corrected chi connectivity index (χ3v) is 5.37. The van der Waals surface area contributed by atoms with Crippen LogP contribution in [0.1, 0.15) is 70.6 Å². The smallest absolute Gasteiger partial charge is 0.187 e. The molecule has 1 aromatic rings. The molecule has 0 saturated heterocycles. The number of aromatic nitrogens is 2. The summed E-state index contributed by atoms with van der Waals surface area (Å²) >= 11 is 1.65. The molecular formula is C16H26N2S. The number of hydrogen-bond acceptors (Lipinski definition) is 3. The van der Waals surface area contributed by atoms with Crippen molar-refractivity contribution in [1.29, 1.82) is 0 Å². The predicted octanol–water partition coefficient (Wildman–Crippen LogP) is 4.79. The number of nitrogens with zero attached hydrogens (tertiary/aromatic N) is 2. The summed E-state index contributed by atoms with van der Waals surface area (Å²) in [6, 6.07) is 0. The lowest BCUT2D eigenvalue weighted by molar-refractivity contribution is 0.400. The quantitative estimate of drug-likeness (QED) is 0.451. The summed E-state index contributed by atoms with van der Waals surface area (Å²) in [5.41, 5.74) is 3.00. The maximum Gasteiger partial charge on any atom is 0.187 e. The lowest BCUT2D eigenvalue weighted by Gasteiger charge is -2.29. The first-order chi connectivity index (χ1) is 9.01. The Kier molecular flexibility index (Phi) is 4.54. The van der Waals surface area contributed by atoms with Gasteiger partial charge in [0, 0.05) is 12.1 Å². The fraction of sp³-hybridized carbons (Fsp3) is 0.750. The van der Waals surface area contributed by atoms with Crippen molar-refractivity contribution >= 4 is 11.8 Å². The molecule has 19 heavy (non-hydrogen) atoms. The standard InChI is InChI=1S/C16H26N2S/c1-6-16(4)9-7-8-12(11(2)3)14-13(16)10-17-15(18-14)19-5/h10-12H,6-9H2,1-5H3. The molecular weight excluding hydrogens is 252 g/mol. The third kappa shape index (κ3) is 2.81. The van der Waals surface area contributed by atoms with Crippen LogP contribution in [0.3, 0.4) is 0 Å². The first-order valence-corrected chi connectivity index (χ1v) is 8.65. The molecule has 1 heterocycles. The Bertz CT molecular complexity index is 444. The minimum atomic E-state index is 0.260. The van der Waals surface area contributed by atoms with E-state index in [0.29, 0.717) is 11.8 Å². The van der Waals surface area contributed by atoms with E-state index in [-0.39, 0.29) is 5.41 Å². The van der Waals surface area contributed by atoms with Gasteiger partial charge in [0.2, 0.25) is 0 Å². The number of fused-ring (bicyclic) bond motifs is 1. The largest absolute Gasteiger partial charge is 0.231 e. The Hall–Kier alpha value is -0.570. The van der Waals surface area contributed by atoms with Gasteiger partial charge in [-0.15, -0.1) is 0 Å². The zero-order valence-electron chi connectivity index (χ0n) is 12.9. The normalized spacial score (nSPS) is 27.2. The van der Waals surface area contributed by atoms with E-state index in [1.165, 1.54) is 36.9 Å². The maximum atomic E-state index is 4.89. The van der Waals surface area contributed by atoms with E-state index >= 15 is 0 Å². The van der Waals surface area contributed by atoms with Crippen molar-refractivity contribution in [3.63, 3.8) is 0 Å². The molecule has 0 N–H and O–H groups in total. The van der Waals surface area contributed by atoms with E-state index in [1.54, 1.807) is 11.8 Å². The fourth-order valence-corrected chi connectivity index (χ4v) is 3.57. The number of thioether (sulfide) groups is 1. The molecule has 1 aromatic heterocycles. The second-order valence-electron chi connectivity index (χ2n) is 6.31. The molecule has 0 bridgehead atoms. The van der Waals surface area contributed by atoms with Gasteiger partial charge in [-0.25, -0.2) is 9.97 Å². The first-order valence-electron chi connectivity index (χ1n) is 7.43. The molecule has 0 saturated carbocycles. The number of rotatable bonds is 3. The lowest BCUT2D eigenvalue weighted by atomic mass is 9.77. The third-order valence-electron chi connectivity index (χ3n) is 4.81. The van der Waals surface area contributed by atoms with Crippen LogP contribution in [0.25, 0.3) is 0 Å². The Balaban J connectivity index is 2.57. The molecule has 2 unspecified atom stereocenters. The molecule has 2 rings (SSSR count). The molecule has 3 heteroatoms. The van der Waals surface area contributed by atoms with Gasteiger partial charge in [-0.3, -0.25) is 0 Å². The van der Waals surface area contributed by atoms with E-state index in [0.717, 1.165) is 5.16 Å². The Morgan fingerprint density at radius 1 is 1.47 bits per heavy atom. The molecule has 0 fully saturated rings. The van der Waals surface area contributed by atoms with Crippen molar-refractivity contribution in [2.75, 3.05) is 6.26 Å². The summed E-state index contributed by atoms with van der Waals surface area (Å²) in [6.45, 7) is 9.33. The zero-order valence-corrected chi connectivity index (χ0v) is 13.7. The monoisotopic (exact) mass is 278 g/mol. The predicted molar refractivity (Wildman–Crippen MR) is 82.9 cm³/mol. The van der Waals surface area contributed by atoms with Gasteiger partial charge < -0.3 is 0 Å². The highest BCUT2D eigenvalue weighted by Crippen LogP contribution is 2.44. The number of hydrogen-bond donors (Lipinski definition) is 0. The van der Waals surface area contributed by atoms with Gasteiger partial charge in [-0.2, -0.15) is 0 Å². The van der Waals surface area contributed by atoms with Crippen molar-refractivity contribution in [1.82, 2.24) is 9.97 Å². The molecule has 1 aliphatic carbocycles. The Labute approximate surface area is 121 Å². The SMILES string of the molecule is CCC1(C)CCCC(C(C)C)c2nc(SC)ncc21. The second-order valence-corrected chi connectivity index (χ2v) is 7.09. The molecule has 0 spiro atoms. The highest BCUT2D eigenvalue weighted by Gasteiger charge is 2.35. The van der Waals surface area contributed by atoms with Crippen LogP contribution in [0.2, 0.25) is 0 Å². The van der Waals surface area contributed by atoms with Crippen LogP contribution < -0.4 is 0 Å². The van der Waals surface area contributed by atoms with E-state index in [1.807, 2.05) is 0 Å². The van der Waals surface area contributed by atoms with Gasteiger partial charge in [-0.05, 0) is 42.4 Å². The van der Waals surface area contributed by atoms with Crippen molar-refractivity contribution in [2.45, 2.75) is 69.9 Å². The topological polar surface area (TPSA) is 25.8 Å². The van der Waals surface area contributed by atoms with Crippen molar-refractivity contribution < 1.29 is 0 Å². The summed E-state index contributed by atoms with van der Waals surface area (Å²) in [5, 5.41) is 0.921. The fourth-order valence-electron chi connectivity index (χ4n) is 3.22. The van der Waals surface area contributed by atoms with Gasteiger partial charge in [0.1, 0.15) is 0 Å². The molecule has 0 aliphatic heterocycles. The minimum Gasteiger partial charge on any atom is -0.231 e. The molecule has 106 valence electrons. The van der Waals surface area contributed by atoms with Gasteiger partial charge in [0.05, 0.1) is 5.69 Å². The molecule has 2 nitrogen and oxygen atoms in total. The van der Waals surface area contributed by atoms with Crippen LogP contribution in [0, 0.1) is 5.92 Å². The first kappa shape index (κ1) is 14.8. The van der Waals surface area contributed by atoms with Gasteiger partial charge in [0.25, 0.3) is 0 Å². The van der Waals surface area contributed by atoms with Gasteiger partial charge in [0.15, 0.2) is 5.16 Å². The van der Waals surface area contributed by atoms with Crippen LogP contribution in [0.4, 0.5) is 0 Å². The minimum absolute atomic E-state index is 0.260. The van der Waals surface area contributed by atoms with E-state index in [4.69, 9.17) is 4.98 Å². The zero-order chi connectivity index (χ0) is 14.0. The van der Waals surface area contributed by atoms with Crippen LogP contribution in [0.5, 0.6) is 0 Å². The van der Waals surface area contributed by atoms with Gasteiger partial charge in [-0.1, -0.05) is 45.9 Å². The van der Waals surface area contributed by atoms with E-state index in [2.05, 4.69) is 45.1 Å². The average molecular weight is 278 g/mol. The van der Waals surface area contributed by atoms with Gasteiger partial charge >= 0.3 is 0 Å². The summed E-state index contributed by atoms with van der Waals surface area (Å²) in [6.07, 6.45) is 9.18. The summed E-state index contributed by atoms with van der Waals surface area (Å²) < 4.78 is 0. The van der Waals surface area contributed by atoms with E-state index in [9.17, 15) is 0 Å². The van der Waals surface area contributed by atoms with Crippen molar-refractivity contribution in [3.05, 3.63) is 17.5 Å². The van der Waals surface area contributed by atoms with Crippen molar-refractivity contribution in [3.8, 4) is 0 Å². The Morgan fingerprint density at radius 2 is 2.21 bits per heavy atom. The molecule has 0 aromatic carbocycles. The summed E-state index contributed by atoms with van der Waals surface area (Å²) in [4.78, 5) is 9.43. The van der Waals surface area contributed by atoms with E-state index < -0.39 is 0 Å². The lowest BCUT2D eigenvalue weighted by Crippen LogP contribution is -2.23. The summed E-state index contributed by atoms with van der Waals surface area (Å²) in [5.74, 6) is 1.25. The highest BCUT2D eigenvalue weighted by atomic mass is 32.2. The van der Waals surface area contributed by atoms with Crippen LogP contribution in [-0.2, 0) is 5.41 Å². The van der Waals surface area contributed by atoms with Crippen LogP contribution in [0.15, 0.2) is 11.4 Å². The molecule has 1 aliphatic rings. The van der Waals surface area contributed by atoms with Crippen LogP contribution >= 0.6 is 11.8 Å². The molecule has 0 amide bonds. The van der Waals surface area contributed by atoms with Crippen LogP contribution in [-0.4, -0.2) is 16.2 Å². The van der Waals surface area contributed by atoms with Crippen molar-refractivity contribution in [2.24, 2.45) is 5.92 Å². The maximum absolute atomic E-state index is 4.89. The highest BCUT2D eigenvalue weighted by molar-refractivity contribution is 7.98. The molecule has 0 radical (unpaired) electrons. The Morgan fingerprint density at radius 3 is 2.79 bits per heavy atom. The summed E-state index contributed by atoms with van der Waals surface area (Å²) in [7, 11) is 0. The molecule has 2 atom stereocenters.